The van der Waals surface area contributed by atoms with Crippen LogP contribution in [0.3, 0.4) is 0 Å². The SMILES string of the molecule is CCN(CC)c1ccc(/C=N\NC(=O)CCSc2ccc(Cl)cc2)o1. The largest absolute Gasteiger partial charge is 0.440 e. The molecule has 0 saturated carbocycles. The fraction of sp³-hybridized carbons (Fsp3) is 0.333. The zero-order chi connectivity index (χ0) is 18.1. The van der Waals surface area contributed by atoms with Crippen molar-refractivity contribution < 1.29 is 9.21 Å². The minimum atomic E-state index is -0.131. The Morgan fingerprint density at radius 3 is 2.64 bits per heavy atom. The lowest BCUT2D eigenvalue weighted by atomic mass is 10.4. The van der Waals surface area contributed by atoms with E-state index >= 15 is 0 Å². The molecule has 1 N–H and O–H groups in total. The second-order valence-electron chi connectivity index (χ2n) is 5.19. The van der Waals surface area contributed by atoms with Crippen LogP contribution in [0.5, 0.6) is 0 Å². The van der Waals surface area contributed by atoms with Crippen molar-refractivity contribution in [1.82, 2.24) is 5.43 Å². The number of halogens is 1. The van der Waals surface area contributed by atoms with Crippen LogP contribution >= 0.6 is 23.4 Å². The molecule has 134 valence electrons. The molecule has 1 amide bonds. The normalized spacial score (nSPS) is 11.0. The highest BCUT2D eigenvalue weighted by molar-refractivity contribution is 7.99. The second kappa shape index (κ2) is 10.2. The summed E-state index contributed by atoms with van der Waals surface area (Å²) in [6.45, 7) is 5.90. The van der Waals surface area contributed by atoms with Crippen LogP contribution in [-0.4, -0.2) is 31.0 Å². The molecule has 0 aliphatic carbocycles. The number of hydrogen-bond donors (Lipinski definition) is 1. The number of hydrogen-bond acceptors (Lipinski definition) is 5. The van der Waals surface area contributed by atoms with Gasteiger partial charge in [-0.05, 0) is 44.2 Å². The Morgan fingerprint density at radius 2 is 1.96 bits per heavy atom. The van der Waals surface area contributed by atoms with E-state index < -0.39 is 0 Å². The van der Waals surface area contributed by atoms with Crippen LogP contribution < -0.4 is 10.3 Å². The van der Waals surface area contributed by atoms with Gasteiger partial charge in [0.25, 0.3) is 0 Å². The van der Waals surface area contributed by atoms with Gasteiger partial charge < -0.3 is 9.32 Å². The third-order valence-corrected chi connectivity index (χ3v) is 4.75. The molecule has 0 saturated heterocycles. The zero-order valence-electron chi connectivity index (χ0n) is 14.4. The maximum atomic E-state index is 11.8. The highest BCUT2D eigenvalue weighted by Gasteiger charge is 2.06. The van der Waals surface area contributed by atoms with E-state index in [0.717, 1.165) is 23.9 Å². The van der Waals surface area contributed by atoms with Gasteiger partial charge >= 0.3 is 0 Å². The van der Waals surface area contributed by atoms with Crippen molar-refractivity contribution in [2.24, 2.45) is 5.10 Å². The van der Waals surface area contributed by atoms with E-state index in [0.29, 0.717) is 23.0 Å². The molecule has 5 nitrogen and oxygen atoms in total. The number of nitrogens with one attached hydrogen (secondary N) is 1. The lowest BCUT2D eigenvalue weighted by Gasteiger charge is -2.16. The van der Waals surface area contributed by atoms with Crippen LogP contribution in [0.4, 0.5) is 5.88 Å². The molecule has 0 spiro atoms. The van der Waals surface area contributed by atoms with Gasteiger partial charge in [-0.25, -0.2) is 5.43 Å². The number of furan rings is 1. The average Bonchev–Trinajstić information content (AvgIpc) is 3.06. The summed E-state index contributed by atoms with van der Waals surface area (Å²) in [5.41, 5.74) is 2.52. The number of amides is 1. The maximum absolute atomic E-state index is 11.8. The monoisotopic (exact) mass is 379 g/mol. The predicted molar refractivity (Wildman–Crippen MR) is 105 cm³/mol. The molecule has 0 unspecified atom stereocenters. The highest BCUT2D eigenvalue weighted by Crippen LogP contribution is 2.21. The Morgan fingerprint density at radius 1 is 1.24 bits per heavy atom. The lowest BCUT2D eigenvalue weighted by molar-refractivity contribution is -0.120. The van der Waals surface area contributed by atoms with E-state index in [1.807, 2.05) is 36.4 Å². The number of benzene rings is 1. The zero-order valence-corrected chi connectivity index (χ0v) is 15.9. The van der Waals surface area contributed by atoms with Crippen LogP contribution in [0.15, 0.2) is 50.8 Å². The molecule has 7 heteroatoms. The van der Waals surface area contributed by atoms with Crippen LogP contribution in [-0.2, 0) is 4.79 Å². The van der Waals surface area contributed by atoms with Crippen molar-refractivity contribution in [1.29, 1.82) is 0 Å². The summed E-state index contributed by atoms with van der Waals surface area (Å²) >= 11 is 7.44. The van der Waals surface area contributed by atoms with E-state index in [4.69, 9.17) is 16.0 Å². The van der Waals surface area contributed by atoms with Crippen molar-refractivity contribution in [3.8, 4) is 0 Å². The lowest BCUT2D eigenvalue weighted by Crippen LogP contribution is -2.20. The Balaban J connectivity index is 1.72. The van der Waals surface area contributed by atoms with Gasteiger partial charge in [0.15, 0.2) is 5.88 Å². The summed E-state index contributed by atoms with van der Waals surface area (Å²) in [4.78, 5) is 15.0. The standard InChI is InChI=1S/C18H22ClN3O2S/c1-3-22(4-2)18-10-7-15(24-18)13-20-21-17(23)11-12-25-16-8-5-14(19)6-9-16/h5-10,13H,3-4,11-12H2,1-2H3,(H,21,23)/b20-13-. The van der Waals surface area contributed by atoms with E-state index in [9.17, 15) is 4.79 Å². The molecule has 0 bridgehead atoms. The summed E-state index contributed by atoms with van der Waals surface area (Å²) in [5, 5.41) is 4.65. The van der Waals surface area contributed by atoms with Crippen molar-refractivity contribution in [2.75, 3.05) is 23.7 Å². The average molecular weight is 380 g/mol. The number of carbonyl (C=O) groups excluding carboxylic acids is 1. The van der Waals surface area contributed by atoms with E-state index in [-0.39, 0.29) is 5.91 Å². The first-order valence-electron chi connectivity index (χ1n) is 8.17. The molecule has 0 fully saturated rings. The molecule has 1 aromatic heterocycles. The van der Waals surface area contributed by atoms with Gasteiger partial charge in [-0.1, -0.05) is 11.6 Å². The van der Waals surface area contributed by atoms with E-state index in [1.54, 1.807) is 11.8 Å². The maximum Gasteiger partial charge on any atom is 0.240 e. The van der Waals surface area contributed by atoms with Crippen LogP contribution in [0, 0.1) is 0 Å². The molecular weight excluding hydrogens is 358 g/mol. The minimum absolute atomic E-state index is 0.131. The fourth-order valence-corrected chi connectivity index (χ4v) is 3.11. The van der Waals surface area contributed by atoms with Gasteiger partial charge in [0.05, 0.1) is 6.21 Å². The smallest absolute Gasteiger partial charge is 0.240 e. The minimum Gasteiger partial charge on any atom is -0.440 e. The Hall–Kier alpha value is -1.92. The van der Waals surface area contributed by atoms with Crippen LogP contribution in [0.25, 0.3) is 0 Å². The first-order chi connectivity index (χ1) is 12.1. The second-order valence-corrected chi connectivity index (χ2v) is 6.80. The Kier molecular flexibility index (Phi) is 7.88. The number of hydrazone groups is 1. The molecule has 25 heavy (non-hydrogen) atoms. The van der Waals surface area contributed by atoms with E-state index in [2.05, 4.69) is 29.3 Å². The molecular formula is C18H22ClN3O2S. The third kappa shape index (κ3) is 6.48. The van der Waals surface area contributed by atoms with Crippen molar-refractivity contribution >= 4 is 41.4 Å². The van der Waals surface area contributed by atoms with Gasteiger partial charge in [-0.2, -0.15) is 5.10 Å². The fourth-order valence-electron chi connectivity index (χ4n) is 2.13. The van der Waals surface area contributed by atoms with Gasteiger partial charge in [0.1, 0.15) is 5.76 Å². The summed E-state index contributed by atoms with van der Waals surface area (Å²) in [6, 6.07) is 11.3. The van der Waals surface area contributed by atoms with Crippen molar-refractivity contribution in [3.05, 3.63) is 47.2 Å². The number of nitrogens with zero attached hydrogens (tertiary/aromatic N) is 2. The molecule has 1 heterocycles. The first-order valence-corrected chi connectivity index (χ1v) is 9.53. The molecule has 0 aliphatic rings. The Bertz CT molecular complexity index is 697. The summed E-state index contributed by atoms with van der Waals surface area (Å²) in [5.74, 6) is 1.96. The Labute approximate surface area is 157 Å². The van der Waals surface area contributed by atoms with Crippen LogP contribution in [0.2, 0.25) is 5.02 Å². The van der Waals surface area contributed by atoms with Gasteiger partial charge in [-0.3, -0.25) is 4.79 Å². The third-order valence-electron chi connectivity index (χ3n) is 3.48. The molecule has 0 aliphatic heterocycles. The van der Waals surface area contributed by atoms with Gasteiger partial charge in [0, 0.05) is 41.2 Å². The highest BCUT2D eigenvalue weighted by atomic mass is 35.5. The van der Waals surface area contributed by atoms with Gasteiger partial charge in [-0.15, -0.1) is 11.8 Å². The number of carbonyl (C=O) groups is 1. The number of thioether (sulfide) groups is 1. The van der Waals surface area contributed by atoms with Gasteiger partial charge in [0.2, 0.25) is 5.91 Å². The summed E-state index contributed by atoms with van der Waals surface area (Å²) in [7, 11) is 0. The summed E-state index contributed by atoms with van der Waals surface area (Å²) in [6.07, 6.45) is 1.89. The molecule has 0 atom stereocenters. The molecule has 2 aromatic rings. The first kappa shape index (κ1) is 19.4. The topological polar surface area (TPSA) is 57.8 Å². The number of anilines is 1. The number of rotatable bonds is 9. The molecule has 2 rings (SSSR count). The van der Waals surface area contributed by atoms with Crippen LogP contribution in [0.1, 0.15) is 26.0 Å². The van der Waals surface area contributed by atoms with E-state index in [1.165, 1.54) is 6.21 Å². The summed E-state index contributed by atoms with van der Waals surface area (Å²) < 4.78 is 5.67. The predicted octanol–water partition coefficient (Wildman–Crippen LogP) is 4.41. The van der Waals surface area contributed by atoms with Crippen molar-refractivity contribution in [2.45, 2.75) is 25.2 Å². The van der Waals surface area contributed by atoms with Crippen molar-refractivity contribution in [3.63, 3.8) is 0 Å². The molecule has 1 aromatic carbocycles. The molecule has 0 radical (unpaired) electrons. The quantitative estimate of drug-likeness (QED) is 0.398.